The number of nitrogens with one attached hydrogen (secondary N) is 1. The number of nitrogens with zero attached hydrogens (tertiary/aromatic N) is 3. The minimum atomic E-state index is -0.741. The van der Waals surface area contributed by atoms with Crippen LogP contribution in [0.5, 0.6) is 0 Å². The molecule has 0 fully saturated rings. The van der Waals surface area contributed by atoms with Crippen molar-refractivity contribution >= 4 is 11.9 Å². The summed E-state index contributed by atoms with van der Waals surface area (Å²) in [6, 6.07) is 0. The van der Waals surface area contributed by atoms with E-state index in [-0.39, 0.29) is 0 Å². The standard InChI is InChI=1S/C14H24N4O2/c1-5-14(6-2,12(19)20)10-15-7-11-8-16-13(17-9-11)18(3)4/h8-9,15H,5-7,10H2,1-4H3,(H,19,20). The van der Waals surface area contributed by atoms with Crippen LogP contribution in [0.25, 0.3) is 0 Å². The number of hydrogen-bond donors (Lipinski definition) is 2. The Kier molecular flexibility index (Phi) is 5.88. The lowest BCUT2D eigenvalue weighted by Crippen LogP contribution is -2.40. The van der Waals surface area contributed by atoms with Crippen LogP contribution in [0, 0.1) is 5.41 Å². The van der Waals surface area contributed by atoms with Crippen LogP contribution in [-0.2, 0) is 11.3 Å². The molecule has 0 unspecified atom stereocenters. The van der Waals surface area contributed by atoms with Crippen molar-refractivity contribution in [2.45, 2.75) is 33.2 Å². The van der Waals surface area contributed by atoms with Crippen molar-refractivity contribution in [1.29, 1.82) is 0 Å². The van der Waals surface area contributed by atoms with E-state index < -0.39 is 11.4 Å². The van der Waals surface area contributed by atoms with Crippen LogP contribution in [-0.4, -0.2) is 41.7 Å². The van der Waals surface area contributed by atoms with Crippen molar-refractivity contribution in [1.82, 2.24) is 15.3 Å². The molecule has 0 aliphatic rings. The third-order valence-corrected chi connectivity index (χ3v) is 3.69. The van der Waals surface area contributed by atoms with Gasteiger partial charge >= 0.3 is 5.97 Å². The highest BCUT2D eigenvalue weighted by atomic mass is 16.4. The Hall–Kier alpha value is -1.69. The van der Waals surface area contributed by atoms with Crippen molar-refractivity contribution in [2.24, 2.45) is 5.41 Å². The van der Waals surface area contributed by atoms with Gasteiger partial charge in [-0.1, -0.05) is 13.8 Å². The summed E-state index contributed by atoms with van der Waals surface area (Å²) in [5.41, 5.74) is 0.256. The Morgan fingerprint density at radius 2 is 1.85 bits per heavy atom. The maximum Gasteiger partial charge on any atom is 0.310 e. The Morgan fingerprint density at radius 3 is 2.25 bits per heavy atom. The smallest absolute Gasteiger partial charge is 0.310 e. The lowest BCUT2D eigenvalue weighted by atomic mass is 9.82. The molecule has 1 aromatic rings. The van der Waals surface area contributed by atoms with E-state index in [2.05, 4.69) is 15.3 Å². The largest absolute Gasteiger partial charge is 0.481 e. The molecule has 20 heavy (non-hydrogen) atoms. The van der Waals surface area contributed by atoms with E-state index in [1.165, 1.54) is 0 Å². The third kappa shape index (κ3) is 3.90. The van der Waals surface area contributed by atoms with E-state index in [1.54, 1.807) is 12.4 Å². The molecule has 1 aromatic heterocycles. The zero-order chi connectivity index (χ0) is 15.2. The molecule has 112 valence electrons. The van der Waals surface area contributed by atoms with E-state index >= 15 is 0 Å². The molecule has 0 aliphatic heterocycles. The molecule has 0 aliphatic carbocycles. The van der Waals surface area contributed by atoms with Crippen LogP contribution in [0.2, 0.25) is 0 Å². The van der Waals surface area contributed by atoms with Crippen LogP contribution in [0.15, 0.2) is 12.4 Å². The highest BCUT2D eigenvalue weighted by molar-refractivity contribution is 5.74. The van der Waals surface area contributed by atoms with Gasteiger partial charge in [-0.05, 0) is 12.8 Å². The van der Waals surface area contributed by atoms with Crippen LogP contribution in [0.1, 0.15) is 32.3 Å². The molecule has 0 amide bonds. The van der Waals surface area contributed by atoms with Gasteiger partial charge in [0.15, 0.2) is 0 Å². The Balaban J connectivity index is 2.57. The minimum absolute atomic E-state index is 0.449. The monoisotopic (exact) mass is 280 g/mol. The summed E-state index contributed by atoms with van der Waals surface area (Å²) in [5.74, 6) is -0.0787. The summed E-state index contributed by atoms with van der Waals surface area (Å²) in [6.07, 6.45) is 4.75. The molecule has 0 atom stereocenters. The number of anilines is 1. The molecular weight excluding hydrogens is 256 g/mol. The number of aromatic nitrogens is 2. The molecule has 0 bridgehead atoms. The Bertz CT molecular complexity index is 427. The lowest BCUT2D eigenvalue weighted by molar-refractivity contribution is -0.149. The molecule has 0 saturated heterocycles. The van der Waals surface area contributed by atoms with Crippen molar-refractivity contribution < 1.29 is 9.90 Å². The maximum absolute atomic E-state index is 11.4. The second-order valence-corrected chi connectivity index (χ2v) is 5.18. The number of hydrogen-bond acceptors (Lipinski definition) is 5. The first-order valence-electron chi connectivity index (χ1n) is 6.87. The molecule has 0 saturated carbocycles. The summed E-state index contributed by atoms with van der Waals surface area (Å²) in [7, 11) is 3.77. The average molecular weight is 280 g/mol. The first-order chi connectivity index (χ1) is 9.45. The van der Waals surface area contributed by atoms with Crippen molar-refractivity contribution in [3.8, 4) is 0 Å². The molecule has 2 N–H and O–H groups in total. The van der Waals surface area contributed by atoms with Gasteiger partial charge in [-0.15, -0.1) is 0 Å². The fourth-order valence-corrected chi connectivity index (χ4v) is 1.99. The van der Waals surface area contributed by atoms with Crippen molar-refractivity contribution in [3.05, 3.63) is 18.0 Å². The van der Waals surface area contributed by atoms with Gasteiger partial charge in [0, 0.05) is 45.1 Å². The Morgan fingerprint density at radius 1 is 1.30 bits per heavy atom. The highest BCUT2D eigenvalue weighted by Crippen LogP contribution is 2.25. The number of carbonyl (C=O) groups is 1. The molecule has 0 radical (unpaired) electrons. The van der Waals surface area contributed by atoms with Crippen LogP contribution in [0.3, 0.4) is 0 Å². The van der Waals surface area contributed by atoms with Crippen LogP contribution in [0.4, 0.5) is 5.95 Å². The van der Waals surface area contributed by atoms with Gasteiger partial charge in [0.2, 0.25) is 5.95 Å². The molecule has 6 nitrogen and oxygen atoms in total. The number of carboxylic acid groups (broad SMARTS) is 1. The number of aliphatic carboxylic acids is 1. The summed E-state index contributed by atoms with van der Waals surface area (Å²) >= 11 is 0. The van der Waals surface area contributed by atoms with Gasteiger partial charge in [-0.2, -0.15) is 0 Å². The SMILES string of the molecule is CCC(CC)(CNCc1cnc(N(C)C)nc1)C(=O)O. The first-order valence-corrected chi connectivity index (χ1v) is 6.87. The average Bonchev–Trinajstić information content (AvgIpc) is 2.44. The molecule has 6 heteroatoms. The van der Waals surface area contributed by atoms with Crippen molar-refractivity contribution in [2.75, 3.05) is 25.5 Å². The zero-order valence-corrected chi connectivity index (χ0v) is 12.7. The second-order valence-electron chi connectivity index (χ2n) is 5.18. The molecule has 1 rings (SSSR count). The van der Waals surface area contributed by atoms with E-state index in [0.717, 1.165) is 5.56 Å². The summed E-state index contributed by atoms with van der Waals surface area (Å²) in [5, 5.41) is 12.5. The topological polar surface area (TPSA) is 78.4 Å². The van der Waals surface area contributed by atoms with Gasteiger partial charge in [0.1, 0.15) is 0 Å². The third-order valence-electron chi connectivity index (χ3n) is 3.69. The fourth-order valence-electron chi connectivity index (χ4n) is 1.99. The predicted molar refractivity (Wildman–Crippen MR) is 78.7 cm³/mol. The van der Waals surface area contributed by atoms with E-state index in [0.29, 0.717) is 31.9 Å². The van der Waals surface area contributed by atoms with Crippen molar-refractivity contribution in [3.63, 3.8) is 0 Å². The normalized spacial score (nSPS) is 11.4. The quantitative estimate of drug-likeness (QED) is 0.752. The van der Waals surface area contributed by atoms with Gasteiger partial charge in [0.05, 0.1) is 5.41 Å². The van der Waals surface area contributed by atoms with E-state index in [4.69, 9.17) is 0 Å². The van der Waals surface area contributed by atoms with Gasteiger partial charge in [-0.3, -0.25) is 4.79 Å². The molecule has 0 aromatic carbocycles. The predicted octanol–water partition coefficient (Wildman–Crippen LogP) is 1.52. The van der Waals surface area contributed by atoms with Crippen LogP contribution < -0.4 is 10.2 Å². The number of carboxylic acids is 1. The lowest BCUT2D eigenvalue weighted by Gasteiger charge is -2.27. The molecular formula is C14H24N4O2. The van der Waals surface area contributed by atoms with Gasteiger partial charge in [-0.25, -0.2) is 9.97 Å². The summed E-state index contributed by atoms with van der Waals surface area (Å²) in [6.45, 7) is 4.84. The first kappa shape index (κ1) is 16.4. The second kappa shape index (κ2) is 7.19. The zero-order valence-electron chi connectivity index (χ0n) is 12.7. The molecule has 0 spiro atoms. The van der Waals surface area contributed by atoms with E-state index in [1.807, 2.05) is 32.8 Å². The molecule has 1 heterocycles. The summed E-state index contributed by atoms with van der Waals surface area (Å²) < 4.78 is 0. The van der Waals surface area contributed by atoms with E-state index in [9.17, 15) is 9.90 Å². The highest BCUT2D eigenvalue weighted by Gasteiger charge is 2.34. The fraction of sp³-hybridized carbons (Fsp3) is 0.643. The Labute approximate surface area is 120 Å². The maximum atomic E-state index is 11.4. The van der Waals surface area contributed by atoms with Gasteiger partial charge in [0.25, 0.3) is 0 Å². The van der Waals surface area contributed by atoms with Gasteiger partial charge < -0.3 is 15.3 Å². The van der Waals surface area contributed by atoms with Crippen LogP contribution >= 0.6 is 0 Å². The summed E-state index contributed by atoms with van der Waals surface area (Å²) in [4.78, 5) is 21.7. The number of rotatable bonds is 8. The minimum Gasteiger partial charge on any atom is -0.481 e.